The quantitative estimate of drug-likeness (QED) is 0.596. The molecule has 2 rings (SSSR count). The Labute approximate surface area is 130 Å². The number of hydrogen-bond donors (Lipinski definition) is 3. The molecule has 0 bridgehead atoms. The number of aryl methyl sites for hydroxylation is 1. The number of hydrogen-bond acceptors (Lipinski definition) is 6. The average molecular weight is 305 g/mol. The Balaban J connectivity index is 2.28. The number of rotatable bonds is 4. The van der Waals surface area contributed by atoms with Gasteiger partial charge in [-0.25, -0.2) is 15.8 Å². The van der Waals surface area contributed by atoms with Crippen molar-refractivity contribution in [1.82, 2.24) is 9.97 Å². The summed E-state index contributed by atoms with van der Waals surface area (Å²) in [5.74, 6) is 7.84. The lowest BCUT2D eigenvalue weighted by molar-refractivity contribution is 0.546. The summed E-state index contributed by atoms with van der Waals surface area (Å²) < 4.78 is 0. The summed E-state index contributed by atoms with van der Waals surface area (Å²) in [4.78, 5) is 11.8. The van der Waals surface area contributed by atoms with Crippen LogP contribution < -0.4 is 16.6 Å². The van der Waals surface area contributed by atoms with E-state index in [9.17, 15) is 0 Å². The highest BCUT2D eigenvalue weighted by atomic mass is 32.1. The van der Waals surface area contributed by atoms with Crippen molar-refractivity contribution >= 4 is 23.0 Å². The summed E-state index contributed by atoms with van der Waals surface area (Å²) >= 11 is 1.79. The van der Waals surface area contributed by atoms with Crippen LogP contribution in [0, 0.1) is 13.8 Å². The number of nitrogens with one attached hydrogen (secondary N) is 2. The maximum absolute atomic E-state index is 5.58. The number of nitrogens with two attached hydrogens (primary N) is 1. The van der Waals surface area contributed by atoms with Gasteiger partial charge < -0.3 is 10.7 Å². The number of nitrogens with zero attached hydrogens (tertiary/aromatic N) is 2. The monoisotopic (exact) mass is 305 g/mol. The van der Waals surface area contributed by atoms with Crippen molar-refractivity contribution in [2.24, 2.45) is 5.84 Å². The van der Waals surface area contributed by atoms with Crippen LogP contribution in [-0.2, 0) is 12.0 Å². The maximum atomic E-state index is 5.58. The molecule has 0 unspecified atom stereocenters. The lowest BCUT2D eigenvalue weighted by atomic mass is 9.95. The van der Waals surface area contributed by atoms with E-state index in [0.717, 1.165) is 23.8 Å². The first-order chi connectivity index (χ1) is 9.81. The van der Waals surface area contributed by atoms with E-state index in [2.05, 4.69) is 60.5 Å². The summed E-state index contributed by atoms with van der Waals surface area (Å²) in [7, 11) is 0. The number of aromatic nitrogens is 2. The van der Waals surface area contributed by atoms with Gasteiger partial charge in [0.15, 0.2) is 0 Å². The lowest BCUT2D eigenvalue weighted by Crippen LogP contribution is -2.21. The van der Waals surface area contributed by atoms with Crippen molar-refractivity contribution in [2.45, 2.75) is 46.6 Å². The minimum Gasteiger partial charge on any atom is -0.365 e. The first-order valence-electron chi connectivity index (χ1n) is 6.96. The molecule has 21 heavy (non-hydrogen) atoms. The minimum absolute atomic E-state index is 0.130. The SMILES string of the molecule is Cc1ccc(CNc2nc(C(C)(C)C)nc(NN)c2C)s1. The second kappa shape index (κ2) is 5.99. The van der Waals surface area contributed by atoms with E-state index >= 15 is 0 Å². The van der Waals surface area contributed by atoms with Crippen LogP contribution in [0.2, 0.25) is 0 Å². The van der Waals surface area contributed by atoms with Crippen molar-refractivity contribution in [3.05, 3.63) is 33.3 Å². The van der Waals surface area contributed by atoms with Crippen LogP contribution in [0.15, 0.2) is 12.1 Å². The predicted molar refractivity (Wildman–Crippen MR) is 89.7 cm³/mol. The summed E-state index contributed by atoms with van der Waals surface area (Å²) in [6.07, 6.45) is 0. The molecule has 0 spiro atoms. The molecular formula is C15H23N5S. The number of nitrogen functional groups attached to an aromatic ring is 1. The maximum Gasteiger partial charge on any atom is 0.148 e. The van der Waals surface area contributed by atoms with Gasteiger partial charge in [-0.1, -0.05) is 20.8 Å². The molecule has 0 amide bonds. The van der Waals surface area contributed by atoms with E-state index in [1.54, 1.807) is 11.3 Å². The van der Waals surface area contributed by atoms with Crippen LogP contribution in [0.25, 0.3) is 0 Å². The Kier molecular flexibility index (Phi) is 4.49. The van der Waals surface area contributed by atoms with Crippen LogP contribution in [0.3, 0.4) is 0 Å². The summed E-state index contributed by atoms with van der Waals surface area (Å²) in [6, 6.07) is 4.26. The molecule has 0 aliphatic carbocycles. The van der Waals surface area contributed by atoms with Gasteiger partial charge in [-0.15, -0.1) is 11.3 Å². The van der Waals surface area contributed by atoms with E-state index in [4.69, 9.17) is 5.84 Å². The highest BCUT2D eigenvalue weighted by molar-refractivity contribution is 7.11. The standard InChI is InChI=1S/C15H23N5S/c1-9-6-7-11(21-9)8-17-12-10(2)13(20-16)19-14(18-12)15(3,4)5/h6-7H,8,16H2,1-5H3,(H2,17,18,19,20). The van der Waals surface area contributed by atoms with Crippen molar-refractivity contribution in [3.63, 3.8) is 0 Å². The topological polar surface area (TPSA) is 75.9 Å². The molecule has 4 N–H and O–H groups in total. The fourth-order valence-corrected chi connectivity index (χ4v) is 2.75. The van der Waals surface area contributed by atoms with Gasteiger partial charge in [0.1, 0.15) is 17.5 Å². The number of hydrazine groups is 1. The Morgan fingerprint density at radius 2 is 1.81 bits per heavy atom. The molecule has 2 aromatic rings. The van der Waals surface area contributed by atoms with Crippen molar-refractivity contribution < 1.29 is 0 Å². The molecule has 0 saturated heterocycles. The molecule has 5 nitrogen and oxygen atoms in total. The summed E-state index contributed by atoms with van der Waals surface area (Å²) in [5, 5.41) is 3.39. The molecule has 0 radical (unpaired) electrons. The molecule has 0 aliphatic rings. The Hall–Kier alpha value is -1.66. The van der Waals surface area contributed by atoms with Gasteiger partial charge in [-0.2, -0.15) is 0 Å². The summed E-state index contributed by atoms with van der Waals surface area (Å²) in [5.41, 5.74) is 3.46. The van der Waals surface area contributed by atoms with Gasteiger partial charge in [-0.05, 0) is 26.0 Å². The molecule has 0 atom stereocenters. The normalized spacial score (nSPS) is 11.5. The molecular weight excluding hydrogens is 282 g/mol. The fourth-order valence-electron chi connectivity index (χ4n) is 1.92. The Morgan fingerprint density at radius 3 is 2.33 bits per heavy atom. The third-order valence-electron chi connectivity index (χ3n) is 3.18. The van der Waals surface area contributed by atoms with Gasteiger partial charge in [0.2, 0.25) is 0 Å². The highest BCUT2D eigenvalue weighted by Crippen LogP contribution is 2.26. The number of thiophene rings is 1. The van der Waals surface area contributed by atoms with Crippen molar-refractivity contribution in [2.75, 3.05) is 10.7 Å². The van der Waals surface area contributed by atoms with Crippen LogP contribution in [0.5, 0.6) is 0 Å². The zero-order valence-electron chi connectivity index (χ0n) is 13.2. The van der Waals surface area contributed by atoms with E-state index in [-0.39, 0.29) is 5.41 Å². The van der Waals surface area contributed by atoms with Gasteiger partial charge >= 0.3 is 0 Å². The smallest absolute Gasteiger partial charge is 0.148 e. The van der Waals surface area contributed by atoms with E-state index < -0.39 is 0 Å². The second-order valence-electron chi connectivity index (χ2n) is 6.13. The average Bonchev–Trinajstić information content (AvgIpc) is 2.82. The van der Waals surface area contributed by atoms with E-state index in [0.29, 0.717) is 5.82 Å². The number of anilines is 2. The molecule has 2 aromatic heterocycles. The second-order valence-corrected chi connectivity index (χ2v) is 7.50. The highest BCUT2D eigenvalue weighted by Gasteiger charge is 2.21. The minimum atomic E-state index is -0.130. The summed E-state index contributed by atoms with van der Waals surface area (Å²) in [6.45, 7) is 11.1. The lowest BCUT2D eigenvalue weighted by Gasteiger charge is -2.20. The van der Waals surface area contributed by atoms with Gasteiger partial charge in [0.05, 0.1) is 6.54 Å². The molecule has 0 aliphatic heterocycles. The molecule has 0 aromatic carbocycles. The van der Waals surface area contributed by atoms with E-state index in [1.807, 2.05) is 6.92 Å². The molecule has 6 heteroatoms. The zero-order chi connectivity index (χ0) is 15.6. The van der Waals surface area contributed by atoms with Gasteiger partial charge in [-0.3, -0.25) is 0 Å². The predicted octanol–water partition coefficient (Wildman–Crippen LogP) is 3.35. The van der Waals surface area contributed by atoms with Crippen LogP contribution in [0.1, 0.15) is 41.9 Å². The van der Waals surface area contributed by atoms with Gasteiger partial charge in [0.25, 0.3) is 0 Å². The first kappa shape index (κ1) is 15.7. The van der Waals surface area contributed by atoms with Crippen molar-refractivity contribution in [3.8, 4) is 0 Å². The third kappa shape index (κ3) is 3.71. The van der Waals surface area contributed by atoms with Crippen LogP contribution in [0.4, 0.5) is 11.6 Å². The largest absolute Gasteiger partial charge is 0.365 e. The zero-order valence-corrected chi connectivity index (χ0v) is 14.1. The van der Waals surface area contributed by atoms with Crippen LogP contribution >= 0.6 is 11.3 Å². The van der Waals surface area contributed by atoms with Crippen molar-refractivity contribution in [1.29, 1.82) is 0 Å². The van der Waals surface area contributed by atoms with E-state index in [1.165, 1.54) is 9.75 Å². The third-order valence-corrected chi connectivity index (χ3v) is 4.18. The molecule has 0 saturated carbocycles. The Bertz CT molecular complexity index is 627. The molecule has 2 heterocycles. The molecule has 0 fully saturated rings. The van der Waals surface area contributed by atoms with Gasteiger partial charge in [0, 0.05) is 20.7 Å². The van der Waals surface area contributed by atoms with Crippen LogP contribution in [-0.4, -0.2) is 9.97 Å². The molecule has 114 valence electrons. The Morgan fingerprint density at radius 1 is 1.14 bits per heavy atom. The first-order valence-corrected chi connectivity index (χ1v) is 7.78. The fraction of sp³-hybridized carbons (Fsp3) is 0.467.